The highest BCUT2D eigenvalue weighted by Gasteiger charge is 2.33. The molecule has 2 aromatic heterocycles. The molecule has 0 bridgehead atoms. The van der Waals surface area contributed by atoms with E-state index in [1.807, 2.05) is 26.2 Å². The monoisotopic (exact) mass is 305 g/mol. The van der Waals surface area contributed by atoms with E-state index in [0.29, 0.717) is 11.6 Å². The number of carbonyl (C=O) groups excluding carboxylic acids is 1. The molecule has 1 atom stereocenters. The molecule has 5 nitrogen and oxygen atoms in total. The molecule has 1 N–H and O–H groups in total. The zero-order chi connectivity index (χ0) is 15.0. The molecule has 1 amide bonds. The van der Waals surface area contributed by atoms with Crippen molar-refractivity contribution in [2.24, 2.45) is 0 Å². The van der Waals surface area contributed by atoms with Gasteiger partial charge in [-0.05, 0) is 33.1 Å². The van der Waals surface area contributed by atoms with Crippen LogP contribution in [0, 0.1) is 6.92 Å². The summed E-state index contributed by atoms with van der Waals surface area (Å²) in [4.78, 5) is 16.9. The number of nitrogens with one attached hydrogen (secondary N) is 1. The van der Waals surface area contributed by atoms with Crippen LogP contribution in [0.1, 0.15) is 66.0 Å². The molecule has 0 aromatic carbocycles. The van der Waals surface area contributed by atoms with Crippen LogP contribution in [-0.4, -0.2) is 16.0 Å². The normalized spacial score (nSPS) is 17.5. The Morgan fingerprint density at radius 1 is 1.57 bits per heavy atom. The lowest BCUT2D eigenvalue weighted by Crippen LogP contribution is -2.43. The van der Waals surface area contributed by atoms with E-state index in [0.717, 1.165) is 35.7 Å². The maximum Gasteiger partial charge on any atom is 0.274 e. The Morgan fingerprint density at radius 3 is 2.90 bits per heavy atom. The Morgan fingerprint density at radius 2 is 2.33 bits per heavy atom. The van der Waals surface area contributed by atoms with Gasteiger partial charge in [0.2, 0.25) is 0 Å². The van der Waals surface area contributed by atoms with Gasteiger partial charge in [0.1, 0.15) is 10.8 Å². The Hall–Kier alpha value is -1.69. The van der Waals surface area contributed by atoms with Gasteiger partial charge in [0, 0.05) is 23.1 Å². The summed E-state index contributed by atoms with van der Waals surface area (Å²) < 4.78 is 5.24. The van der Waals surface area contributed by atoms with E-state index in [1.165, 1.54) is 0 Å². The second kappa shape index (κ2) is 5.26. The lowest BCUT2D eigenvalue weighted by atomic mass is 9.99. The molecule has 0 saturated heterocycles. The van der Waals surface area contributed by atoms with Gasteiger partial charge in [0.05, 0.1) is 5.54 Å². The Balaban J connectivity index is 1.77. The van der Waals surface area contributed by atoms with Gasteiger partial charge in [-0.2, -0.15) is 0 Å². The van der Waals surface area contributed by atoms with E-state index >= 15 is 0 Å². The highest BCUT2D eigenvalue weighted by Crippen LogP contribution is 2.40. The summed E-state index contributed by atoms with van der Waals surface area (Å²) >= 11 is 1.57. The summed E-state index contributed by atoms with van der Waals surface area (Å²) in [5, 5.41) is 9.85. The number of aromatic nitrogens is 2. The smallest absolute Gasteiger partial charge is 0.274 e. The quantitative estimate of drug-likeness (QED) is 0.919. The van der Waals surface area contributed by atoms with E-state index in [9.17, 15) is 4.79 Å². The third-order valence-corrected chi connectivity index (χ3v) is 5.15. The number of nitrogens with zero attached hydrogens (tertiary/aromatic N) is 2. The first-order valence-corrected chi connectivity index (χ1v) is 8.11. The molecule has 2 aromatic rings. The topological polar surface area (TPSA) is 68.0 Å². The maximum atomic E-state index is 12.4. The van der Waals surface area contributed by atoms with Gasteiger partial charge in [-0.15, -0.1) is 11.3 Å². The van der Waals surface area contributed by atoms with Crippen molar-refractivity contribution in [1.29, 1.82) is 0 Å². The number of hydrogen-bond donors (Lipinski definition) is 1. The fourth-order valence-electron chi connectivity index (χ4n) is 2.17. The van der Waals surface area contributed by atoms with Crippen molar-refractivity contribution in [3.8, 4) is 0 Å². The van der Waals surface area contributed by atoms with Crippen molar-refractivity contribution < 1.29 is 9.32 Å². The summed E-state index contributed by atoms with van der Waals surface area (Å²) in [6, 6.07) is 1.76. The van der Waals surface area contributed by atoms with Gasteiger partial charge in [-0.3, -0.25) is 4.79 Å². The number of rotatable bonds is 5. The molecule has 0 unspecified atom stereocenters. The molecule has 1 aliphatic carbocycles. The Bertz CT molecular complexity index is 659. The van der Waals surface area contributed by atoms with E-state index in [-0.39, 0.29) is 5.91 Å². The summed E-state index contributed by atoms with van der Waals surface area (Å²) in [6.07, 6.45) is 3.02. The number of aryl methyl sites for hydroxylation is 1. The van der Waals surface area contributed by atoms with Crippen LogP contribution in [0.2, 0.25) is 0 Å². The average molecular weight is 305 g/mol. The molecule has 0 spiro atoms. The van der Waals surface area contributed by atoms with Gasteiger partial charge in [-0.25, -0.2) is 4.98 Å². The van der Waals surface area contributed by atoms with Crippen molar-refractivity contribution in [3.05, 3.63) is 33.6 Å². The zero-order valence-corrected chi connectivity index (χ0v) is 13.3. The van der Waals surface area contributed by atoms with Crippen molar-refractivity contribution in [2.45, 2.75) is 51.5 Å². The molecule has 1 aliphatic rings. The molecule has 0 radical (unpaired) electrons. The summed E-state index contributed by atoms with van der Waals surface area (Å²) in [5.41, 5.74) is 0.848. The molecule has 112 valence electrons. The highest BCUT2D eigenvalue weighted by molar-refractivity contribution is 7.09. The third-order valence-electron chi connectivity index (χ3n) is 3.93. The maximum absolute atomic E-state index is 12.4. The standard InChI is InChI=1S/C15H19N3O2S/c1-4-15(3,14-16-9(2)8-21-14)17-13(19)11-7-12(20-18-11)10-5-6-10/h7-8,10H,4-6H2,1-3H3,(H,17,19)/t15-/m0/s1. The van der Waals surface area contributed by atoms with Crippen LogP contribution < -0.4 is 5.32 Å². The van der Waals surface area contributed by atoms with Gasteiger partial charge in [-0.1, -0.05) is 12.1 Å². The zero-order valence-electron chi connectivity index (χ0n) is 12.5. The fourth-order valence-corrected chi connectivity index (χ4v) is 3.16. The second-order valence-electron chi connectivity index (χ2n) is 5.82. The minimum atomic E-state index is -0.477. The molecule has 0 aliphatic heterocycles. The second-order valence-corrected chi connectivity index (χ2v) is 6.68. The van der Waals surface area contributed by atoms with Gasteiger partial charge < -0.3 is 9.84 Å². The Kier molecular flexibility index (Phi) is 3.57. The summed E-state index contributed by atoms with van der Waals surface area (Å²) in [5.74, 6) is 1.07. The molecule has 3 rings (SSSR count). The number of hydrogen-bond acceptors (Lipinski definition) is 5. The predicted octanol–water partition coefficient (Wildman–Crippen LogP) is 3.37. The van der Waals surface area contributed by atoms with Crippen LogP contribution >= 0.6 is 11.3 Å². The first-order chi connectivity index (χ1) is 10.0. The minimum absolute atomic E-state index is 0.206. The third kappa shape index (κ3) is 2.85. The number of carbonyl (C=O) groups is 1. The number of thiazole rings is 1. The van der Waals surface area contributed by atoms with E-state index < -0.39 is 5.54 Å². The van der Waals surface area contributed by atoms with Crippen molar-refractivity contribution in [2.75, 3.05) is 0 Å². The fraction of sp³-hybridized carbons (Fsp3) is 0.533. The van der Waals surface area contributed by atoms with Crippen LogP contribution in [0.4, 0.5) is 0 Å². The van der Waals surface area contributed by atoms with E-state index in [1.54, 1.807) is 17.4 Å². The van der Waals surface area contributed by atoms with E-state index in [2.05, 4.69) is 15.5 Å². The first-order valence-electron chi connectivity index (χ1n) is 7.23. The lowest BCUT2D eigenvalue weighted by molar-refractivity contribution is 0.0892. The largest absolute Gasteiger partial charge is 0.360 e. The summed E-state index contributed by atoms with van der Waals surface area (Å²) in [7, 11) is 0. The van der Waals surface area contributed by atoms with Crippen LogP contribution in [0.3, 0.4) is 0 Å². The first kappa shape index (κ1) is 14.3. The van der Waals surface area contributed by atoms with Crippen molar-refractivity contribution >= 4 is 17.2 Å². The molecule has 1 fully saturated rings. The molecule has 6 heteroatoms. The molecule has 2 heterocycles. The van der Waals surface area contributed by atoms with E-state index in [4.69, 9.17) is 4.52 Å². The van der Waals surface area contributed by atoms with Crippen LogP contribution in [0.15, 0.2) is 16.0 Å². The van der Waals surface area contributed by atoms with Crippen LogP contribution in [0.5, 0.6) is 0 Å². The summed E-state index contributed by atoms with van der Waals surface area (Å²) in [6.45, 7) is 5.98. The van der Waals surface area contributed by atoms with Crippen LogP contribution in [0.25, 0.3) is 0 Å². The van der Waals surface area contributed by atoms with Gasteiger partial charge in [0.15, 0.2) is 5.69 Å². The predicted molar refractivity (Wildman–Crippen MR) is 80.4 cm³/mol. The SMILES string of the molecule is CC[C@](C)(NC(=O)c1cc(C2CC2)on1)c1nc(C)cs1. The average Bonchev–Trinajstić information content (AvgIpc) is 3.02. The van der Waals surface area contributed by atoms with Gasteiger partial charge >= 0.3 is 0 Å². The lowest BCUT2D eigenvalue weighted by Gasteiger charge is -2.26. The molecule has 21 heavy (non-hydrogen) atoms. The Labute approximate surface area is 127 Å². The highest BCUT2D eigenvalue weighted by atomic mass is 32.1. The number of amides is 1. The van der Waals surface area contributed by atoms with Crippen molar-refractivity contribution in [3.63, 3.8) is 0 Å². The van der Waals surface area contributed by atoms with Crippen LogP contribution in [-0.2, 0) is 5.54 Å². The minimum Gasteiger partial charge on any atom is -0.360 e. The van der Waals surface area contributed by atoms with Gasteiger partial charge in [0.25, 0.3) is 5.91 Å². The van der Waals surface area contributed by atoms with Crippen molar-refractivity contribution in [1.82, 2.24) is 15.5 Å². The molecule has 1 saturated carbocycles. The molecular weight excluding hydrogens is 286 g/mol. The molecular formula is C15H19N3O2S.